The number of allylic oxidation sites excluding steroid dienone is 1. The molecule has 3 rings (SSSR count). The zero-order chi connectivity index (χ0) is 20.4. The van der Waals surface area contributed by atoms with Gasteiger partial charge in [0.05, 0.1) is 6.04 Å². The van der Waals surface area contributed by atoms with Crippen LogP contribution in [0.25, 0.3) is 0 Å². The molecular weight excluding hydrogens is 396 g/mol. The summed E-state index contributed by atoms with van der Waals surface area (Å²) < 4.78 is 14.1. The number of benzene rings is 2. The molecule has 2 nitrogen and oxygen atoms in total. The first-order valence-electron chi connectivity index (χ1n) is 9.46. The highest BCUT2D eigenvalue weighted by Gasteiger charge is 2.43. The zero-order valence-electron chi connectivity index (χ0n) is 16.0. The van der Waals surface area contributed by atoms with Gasteiger partial charge in [-0.2, -0.15) is 0 Å². The summed E-state index contributed by atoms with van der Waals surface area (Å²) in [5.74, 6) is -0.533. The van der Waals surface area contributed by atoms with Gasteiger partial charge in [-0.05, 0) is 68.1 Å². The highest BCUT2D eigenvalue weighted by Crippen LogP contribution is 2.47. The second-order valence-corrected chi connectivity index (χ2v) is 8.47. The Morgan fingerprint density at radius 1 is 1.14 bits per heavy atom. The average molecular weight is 420 g/mol. The summed E-state index contributed by atoms with van der Waals surface area (Å²) in [5, 5.41) is 0.995. The normalized spacial score (nSPS) is 22.6. The summed E-state index contributed by atoms with van der Waals surface area (Å²) in [6.07, 6.45) is 2.98. The molecule has 2 aromatic carbocycles. The lowest BCUT2D eigenvalue weighted by Gasteiger charge is -2.47. The van der Waals surface area contributed by atoms with Crippen LogP contribution in [0.5, 0.6) is 0 Å². The van der Waals surface area contributed by atoms with Crippen LogP contribution in [0.3, 0.4) is 0 Å². The number of hydrogen-bond acceptors (Lipinski definition) is 1. The highest BCUT2D eigenvalue weighted by atomic mass is 35.5. The van der Waals surface area contributed by atoms with Crippen molar-refractivity contribution in [2.24, 2.45) is 5.92 Å². The second-order valence-electron chi connectivity index (χ2n) is 7.60. The molecule has 0 saturated carbocycles. The predicted molar refractivity (Wildman–Crippen MR) is 113 cm³/mol. The predicted octanol–water partition coefficient (Wildman–Crippen LogP) is 6.79. The molecular formula is C23H24Cl2FNO. The third kappa shape index (κ3) is 4.26. The van der Waals surface area contributed by atoms with E-state index in [2.05, 4.69) is 6.58 Å². The topological polar surface area (TPSA) is 20.3 Å². The summed E-state index contributed by atoms with van der Waals surface area (Å²) in [7, 11) is 0. The van der Waals surface area contributed by atoms with E-state index in [0.717, 1.165) is 11.1 Å². The molecule has 0 radical (unpaired) electrons. The summed E-state index contributed by atoms with van der Waals surface area (Å²) in [4.78, 5) is 15.2. The van der Waals surface area contributed by atoms with Crippen molar-refractivity contribution in [2.45, 2.75) is 44.7 Å². The third-order valence-corrected chi connectivity index (χ3v) is 5.83. The van der Waals surface area contributed by atoms with Crippen LogP contribution in [0.1, 0.15) is 49.8 Å². The van der Waals surface area contributed by atoms with Gasteiger partial charge in [0, 0.05) is 27.9 Å². The Bertz CT molecular complexity index is 845. The van der Waals surface area contributed by atoms with Gasteiger partial charge in [-0.3, -0.25) is 4.79 Å². The maximum Gasteiger partial charge on any atom is 0.226 e. The fraction of sp³-hybridized carbons (Fsp3) is 0.348. The van der Waals surface area contributed by atoms with E-state index >= 15 is 0 Å². The van der Waals surface area contributed by atoms with E-state index in [9.17, 15) is 9.18 Å². The Labute approximate surface area is 176 Å². The monoisotopic (exact) mass is 419 g/mol. The molecule has 148 valence electrons. The fourth-order valence-corrected chi connectivity index (χ4v) is 4.57. The average Bonchev–Trinajstić information content (AvgIpc) is 2.62. The zero-order valence-corrected chi connectivity index (χ0v) is 17.6. The van der Waals surface area contributed by atoms with Crippen molar-refractivity contribution in [2.75, 3.05) is 0 Å². The maximum atomic E-state index is 14.1. The Kier molecular flexibility index (Phi) is 6.47. The molecule has 1 aliphatic rings. The van der Waals surface area contributed by atoms with E-state index in [0.29, 0.717) is 22.9 Å². The van der Waals surface area contributed by atoms with Crippen LogP contribution in [0.2, 0.25) is 10.0 Å². The molecule has 0 unspecified atom stereocenters. The van der Waals surface area contributed by atoms with Gasteiger partial charge in [-0.15, -0.1) is 6.58 Å². The number of rotatable bonds is 5. The van der Waals surface area contributed by atoms with Crippen LogP contribution in [-0.4, -0.2) is 16.8 Å². The summed E-state index contributed by atoms with van der Waals surface area (Å²) >= 11 is 12.2. The number of hydrogen-bond donors (Lipinski definition) is 0. The van der Waals surface area contributed by atoms with Crippen molar-refractivity contribution >= 4 is 29.1 Å². The SMILES string of the molecule is C=CC[C@H]1C[C@H](c2cc(F)cc(Cl)c2)[C@@H](c2ccc(Cl)cc2)N(C(C)C)C1=O. The van der Waals surface area contributed by atoms with Crippen molar-refractivity contribution < 1.29 is 9.18 Å². The summed E-state index contributed by atoms with van der Waals surface area (Å²) in [5.41, 5.74) is 1.78. The van der Waals surface area contributed by atoms with Crippen molar-refractivity contribution in [3.8, 4) is 0 Å². The molecule has 5 heteroatoms. The van der Waals surface area contributed by atoms with Gasteiger partial charge in [0.25, 0.3) is 0 Å². The first-order chi connectivity index (χ1) is 13.3. The lowest BCUT2D eigenvalue weighted by atomic mass is 9.74. The van der Waals surface area contributed by atoms with Crippen molar-refractivity contribution in [3.63, 3.8) is 0 Å². The molecule has 0 aliphatic carbocycles. The first kappa shape index (κ1) is 20.9. The molecule has 3 atom stereocenters. The van der Waals surface area contributed by atoms with Crippen LogP contribution in [0.15, 0.2) is 55.1 Å². The Balaban J connectivity index is 2.15. The van der Waals surface area contributed by atoms with Gasteiger partial charge in [-0.25, -0.2) is 4.39 Å². The van der Waals surface area contributed by atoms with E-state index < -0.39 is 0 Å². The van der Waals surface area contributed by atoms with Crippen LogP contribution in [0, 0.1) is 11.7 Å². The number of nitrogens with zero attached hydrogens (tertiary/aromatic N) is 1. The lowest BCUT2D eigenvalue weighted by Crippen LogP contribution is -2.49. The number of piperidine rings is 1. The minimum Gasteiger partial charge on any atom is -0.332 e. The quantitative estimate of drug-likeness (QED) is 0.488. The first-order valence-corrected chi connectivity index (χ1v) is 10.2. The molecule has 1 saturated heterocycles. The van der Waals surface area contributed by atoms with Gasteiger partial charge < -0.3 is 4.90 Å². The van der Waals surface area contributed by atoms with Gasteiger partial charge in [0.2, 0.25) is 5.91 Å². The molecule has 0 spiro atoms. The van der Waals surface area contributed by atoms with Crippen molar-refractivity contribution in [1.29, 1.82) is 0 Å². The number of carbonyl (C=O) groups is 1. The Morgan fingerprint density at radius 3 is 2.39 bits per heavy atom. The molecule has 1 heterocycles. The molecule has 1 fully saturated rings. The second kappa shape index (κ2) is 8.67. The Morgan fingerprint density at radius 2 is 1.82 bits per heavy atom. The van der Waals surface area contributed by atoms with Crippen LogP contribution in [-0.2, 0) is 4.79 Å². The molecule has 0 bridgehead atoms. The minimum atomic E-state index is -0.370. The summed E-state index contributed by atoms with van der Waals surface area (Å²) in [6.45, 7) is 7.82. The number of likely N-dealkylation sites (tertiary alicyclic amines) is 1. The van der Waals surface area contributed by atoms with Gasteiger partial charge in [0.15, 0.2) is 0 Å². The number of halogens is 3. The van der Waals surface area contributed by atoms with Crippen LogP contribution >= 0.6 is 23.2 Å². The maximum absolute atomic E-state index is 14.1. The van der Waals surface area contributed by atoms with Gasteiger partial charge in [-0.1, -0.05) is 41.4 Å². The Hall–Kier alpha value is -1.84. The van der Waals surface area contributed by atoms with E-state index in [1.54, 1.807) is 12.1 Å². The van der Waals surface area contributed by atoms with Gasteiger partial charge in [0.1, 0.15) is 5.82 Å². The molecule has 0 aromatic heterocycles. The molecule has 2 aromatic rings. The van der Waals surface area contributed by atoms with Crippen molar-refractivity contribution in [1.82, 2.24) is 4.90 Å². The van der Waals surface area contributed by atoms with E-state index in [1.807, 2.05) is 43.0 Å². The van der Waals surface area contributed by atoms with Gasteiger partial charge >= 0.3 is 0 Å². The molecule has 1 aliphatic heterocycles. The van der Waals surface area contributed by atoms with Crippen LogP contribution in [0.4, 0.5) is 4.39 Å². The molecule has 28 heavy (non-hydrogen) atoms. The highest BCUT2D eigenvalue weighted by molar-refractivity contribution is 6.30. The summed E-state index contributed by atoms with van der Waals surface area (Å²) in [6, 6.07) is 11.9. The largest absolute Gasteiger partial charge is 0.332 e. The van der Waals surface area contributed by atoms with E-state index in [4.69, 9.17) is 23.2 Å². The number of amides is 1. The molecule has 1 amide bonds. The standard InChI is InChI=1S/C23H24Cl2FNO/c1-4-5-16-12-21(17-10-19(25)13-20(26)11-17)22(27(14(2)3)23(16)28)15-6-8-18(24)9-7-15/h4,6-11,13-14,16,21-22H,1,5,12H2,2-3H3/t16-,21+,22+/m0/s1. The van der Waals surface area contributed by atoms with E-state index in [-0.39, 0.29) is 35.6 Å². The third-order valence-electron chi connectivity index (χ3n) is 5.36. The fourth-order valence-electron chi connectivity index (χ4n) is 4.21. The lowest BCUT2D eigenvalue weighted by molar-refractivity contribution is -0.145. The van der Waals surface area contributed by atoms with Crippen molar-refractivity contribution in [3.05, 3.63) is 82.1 Å². The minimum absolute atomic E-state index is 0.00711. The molecule has 0 N–H and O–H groups in total. The smallest absolute Gasteiger partial charge is 0.226 e. The number of carbonyl (C=O) groups excluding carboxylic acids is 1. The van der Waals surface area contributed by atoms with E-state index in [1.165, 1.54) is 12.1 Å². The van der Waals surface area contributed by atoms with Crippen LogP contribution < -0.4 is 0 Å².